The predicted molar refractivity (Wildman–Crippen MR) is 225 cm³/mol. The number of unbranched alkanes of at least 4 members (excludes halogenated alkanes) is 2. The molecule has 0 aliphatic heterocycles. The molecule has 0 amide bonds. The van der Waals surface area contributed by atoms with Crippen LogP contribution in [0.3, 0.4) is 0 Å². The van der Waals surface area contributed by atoms with Crippen LogP contribution in [0.25, 0.3) is 11.1 Å². The van der Waals surface area contributed by atoms with E-state index in [4.69, 9.17) is 4.26 Å². The minimum absolute atomic E-state index is 0. The van der Waals surface area contributed by atoms with E-state index in [9.17, 15) is 0 Å². The summed E-state index contributed by atoms with van der Waals surface area (Å²) in [6, 6.07) is 32.1. The third-order valence-corrected chi connectivity index (χ3v) is 35.6. The first-order valence-electron chi connectivity index (χ1n) is 18.7. The van der Waals surface area contributed by atoms with Crippen LogP contribution in [0.4, 0.5) is 0 Å². The van der Waals surface area contributed by atoms with Crippen molar-refractivity contribution in [3.63, 3.8) is 0 Å². The summed E-state index contributed by atoms with van der Waals surface area (Å²) < 4.78 is 12.0. The van der Waals surface area contributed by atoms with Gasteiger partial charge < -0.3 is 0 Å². The Bertz CT molecular complexity index is 1890. The third-order valence-electron chi connectivity index (χ3n) is 11.6. The first kappa shape index (κ1) is 40.5. The molecule has 0 bridgehead atoms. The van der Waals surface area contributed by atoms with E-state index in [1.165, 1.54) is 76.8 Å². The Labute approximate surface area is 317 Å². The molecule has 50 heavy (non-hydrogen) atoms. The fourth-order valence-electron chi connectivity index (χ4n) is 8.68. The van der Waals surface area contributed by atoms with Crippen molar-refractivity contribution in [3.05, 3.63) is 134 Å². The van der Waals surface area contributed by atoms with Gasteiger partial charge in [0.15, 0.2) is 0 Å². The van der Waals surface area contributed by atoms with Gasteiger partial charge in [-0.1, -0.05) is 0 Å². The van der Waals surface area contributed by atoms with Crippen molar-refractivity contribution in [2.24, 2.45) is 0 Å². The quantitative estimate of drug-likeness (QED) is 0.123. The SMILES string of the molecule is Cl.Cl.[CH2]=[Hf]([C]1=CC=CC1)([c]1ccc(CCCC)cc1)([c]1ccc(CCCC)cc1)[c]1c(C(C)(C)C)ccc2c1Cc1cc(C(C)(C)C)ccc1-2. The van der Waals surface area contributed by atoms with Crippen LogP contribution in [0.5, 0.6) is 0 Å². The average molecular weight is 874 g/mol. The number of aryl methyl sites for hydroxylation is 2. The van der Waals surface area contributed by atoms with Gasteiger partial charge in [-0.2, -0.15) is 0 Å². The van der Waals surface area contributed by atoms with Gasteiger partial charge in [0.1, 0.15) is 0 Å². The molecule has 3 heteroatoms. The maximum atomic E-state index is 5.86. The van der Waals surface area contributed by atoms with E-state index in [0.29, 0.717) is 0 Å². The van der Waals surface area contributed by atoms with Crippen LogP contribution in [-0.4, -0.2) is 4.26 Å². The van der Waals surface area contributed by atoms with Crippen molar-refractivity contribution < 1.29 is 18.0 Å². The van der Waals surface area contributed by atoms with Gasteiger partial charge in [0.05, 0.1) is 0 Å². The summed E-state index contributed by atoms with van der Waals surface area (Å²) in [5.74, 6) is 0. The van der Waals surface area contributed by atoms with Crippen LogP contribution in [-0.2, 0) is 48.1 Å². The molecule has 0 saturated heterocycles. The number of benzene rings is 4. The normalized spacial score (nSPS) is 14.1. The van der Waals surface area contributed by atoms with Gasteiger partial charge in [0, 0.05) is 0 Å². The predicted octanol–water partition coefficient (Wildman–Crippen LogP) is 11.6. The van der Waals surface area contributed by atoms with E-state index in [2.05, 4.69) is 152 Å². The molecule has 266 valence electrons. The number of allylic oxidation sites excluding steroid dienone is 4. The zero-order valence-electron chi connectivity index (χ0n) is 31.9. The second-order valence-electron chi connectivity index (χ2n) is 16.9. The summed E-state index contributed by atoms with van der Waals surface area (Å²) in [5.41, 5.74) is 11.7. The molecule has 2 aliphatic rings. The summed E-state index contributed by atoms with van der Waals surface area (Å²) in [4.78, 5) is 0. The average Bonchev–Trinajstić information content (AvgIpc) is 3.74. The topological polar surface area (TPSA) is 0 Å². The van der Waals surface area contributed by atoms with Crippen molar-refractivity contribution in [1.29, 1.82) is 0 Å². The maximum absolute atomic E-state index is 5.86. The Kier molecular flexibility index (Phi) is 12.4. The Morgan fingerprint density at radius 3 is 1.66 bits per heavy atom. The number of fused-ring (bicyclic) bond motifs is 3. The van der Waals surface area contributed by atoms with Crippen molar-refractivity contribution in [1.82, 2.24) is 0 Å². The molecule has 0 spiro atoms. The molecule has 0 N–H and O–H groups in total. The molecule has 0 fully saturated rings. The minimum atomic E-state index is -5.06. The summed E-state index contributed by atoms with van der Waals surface area (Å²) >= 11 is -5.06. The van der Waals surface area contributed by atoms with Crippen molar-refractivity contribution in [2.75, 3.05) is 0 Å². The monoisotopic (exact) mass is 874 g/mol. The molecule has 0 aromatic heterocycles. The van der Waals surface area contributed by atoms with Crippen LogP contribution in [0.2, 0.25) is 0 Å². The molecule has 0 unspecified atom stereocenters. The molecule has 0 atom stereocenters. The molecule has 2 aliphatic carbocycles. The molecule has 0 heterocycles. The zero-order chi connectivity index (χ0) is 34.3. The number of hydrogen-bond donors (Lipinski definition) is 0. The molecule has 4 aromatic rings. The van der Waals surface area contributed by atoms with E-state index in [0.717, 1.165) is 25.7 Å². The van der Waals surface area contributed by atoms with Gasteiger partial charge in [0.25, 0.3) is 0 Å². The first-order valence-corrected chi connectivity index (χ1v) is 28.4. The van der Waals surface area contributed by atoms with Gasteiger partial charge >= 0.3 is 295 Å². The standard InChI is InChI=1S/C21H25.2C10H13.C5H5.CH2.2ClH.Hf/c1-20(2,3)16-7-9-18-14(12-16)11-15-13-17(21(4,5)6)8-10-19(15)18;2*1-2-3-7-10-8-5-4-6-9-10;1-2-4-5-3-1;;;;/h7-10,12H,11H2,1-6H3;2*5-6,8-9H,2-3,7H2,1H3;1-3H,4H2;1H2;2*1H;. The van der Waals surface area contributed by atoms with Gasteiger partial charge in [-0.05, 0) is 0 Å². The molecular formula is C47H60Cl2Hf. The molecule has 0 radical (unpaired) electrons. The van der Waals surface area contributed by atoms with E-state index in [1.54, 1.807) is 6.65 Å². The van der Waals surface area contributed by atoms with Gasteiger partial charge in [-0.15, -0.1) is 24.8 Å². The Hall–Kier alpha value is -2.32. The second kappa shape index (κ2) is 15.3. The van der Waals surface area contributed by atoms with Crippen molar-refractivity contribution in [3.8, 4) is 11.1 Å². The van der Waals surface area contributed by atoms with Gasteiger partial charge in [-0.3, -0.25) is 0 Å². The van der Waals surface area contributed by atoms with Gasteiger partial charge in [0.2, 0.25) is 0 Å². The van der Waals surface area contributed by atoms with E-state index < -0.39 is 18.0 Å². The zero-order valence-corrected chi connectivity index (χ0v) is 37.1. The molecule has 0 saturated carbocycles. The number of hydrogen-bond acceptors (Lipinski definition) is 0. The summed E-state index contributed by atoms with van der Waals surface area (Å²) in [5, 5.41) is 0. The Morgan fingerprint density at radius 2 is 1.20 bits per heavy atom. The number of rotatable bonds is 10. The van der Waals surface area contributed by atoms with Crippen molar-refractivity contribution >= 4 is 39.0 Å². The van der Waals surface area contributed by atoms with E-state index in [-0.39, 0.29) is 35.6 Å². The Morgan fingerprint density at radius 1 is 0.660 bits per heavy atom. The summed E-state index contributed by atoms with van der Waals surface area (Å²) in [7, 11) is 0. The van der Waals surface area contributed by atoms with Crippen molar-refractivity contribution in [2.45, 2.75) is 118 Å². The third kappa shape index (κ3) is 6.93. The summed E-state index contributed by atoms with van der Waals surface area (Å²) in [6.45, 7) is 18.8. The molecule has 0 nitrogen and oxygen atoms in total. The van der Waals surface area contributed by atoms with Gasteiger partial charge in [-0.25, -0.2) is 0 Å². The molecule has 6 rings (SSSR count). The molecule has 4 aromatic carbocycles. The second-order valence-corrected chi connectivity index (χ2v) is 35.7. The van der Waals surface area contributed by atoms with Crippen LogP contribution in [0.15, 0.2) is 100 Å². The summed E-state index contributed by atoms with van der Waals surface area (Å²) in [6.07, 6.45) is 16.3. The fourth-order valence-corrected chi connectivity index (χ4v) is 32.9. The van der Waals surface area contributed by atoms with Crippen LogP contribution in [0.1, 0.15) is 121 Å². The first-order chi connectivity index (χ1) is 22.8. The van der Waals surface area contributed by atoms with Crippen LogP contribution in [0, 0.1) is 0 Å². The van der Waals surface area contributed by atoms with Crippen LogP contribution < -0.4 is 9.96 Å². The van der Waals surface area contributed by atoms with Crippen LogP contribution >= 0.6 is 24.8 Å². The fraction of sp³-hybridized carbons (Fsp3) is 0.383. The van der Waals surface area contributed by atoms with E-state index >= 15 is 0 Å². The Balaban J connectivity index is 0.00000281. The molecular weight excluding hydrogens is 814 g/mol. The number of halogens is 2. The van der Waals surface area contributed by atoms with E-state index in [1.807, 2.05) is 0 Å².